The molecule has 3 N–H and O–H groups in total. The van der Waals surface area contributed by atoms with E-state index in [4.69, 9.17) is 4.74 Å². The average Bonchev–Trinajstić information content (AvgIpc) is 3.42. The molecule has 0 unspecified atom stereocenters. The van der Waals surface area contributed by atoms with E-state index in [0.717, 1.165) is 16.7 Å². The van der Waals surface area contributed by atoms with E-state index in [1.165, 1.54) is 6.08 Å². The zero-order valence-corrected chi connectivity index (χ0v) is 23.5. The second-order valence-corrected chi connectivity index (χ2v) is 9.71. The van der Waals surface area contributed by atoms with Crippen molar-refractivity contribution in [2.75, 3.05) is 43.7 Å². The van der Waals surface area contributed by atoms with Gasteiger partial charge in [-0.05, 0) is 74.8 Å². The van der Waals surface area contributed by atoms with Crippen LogP contribution in [0.25, 0.3) is 16.7 Å². The lowest BCUT2D eigenvalue weighted by atomic mass is 10.1. The van der Waals surface area contributed by atoms with Gasteiger partial charge in [0.25, 0.3) is 5.91 Å². The second-order valence-electron chi connectivity index (χ2n) is 9.71. The third kappa shape index (κ3) is 6.80. The van der Waals surface area contributed by atoms with Crippen LogP contribution in [0.3, 0.4) is 0 Å². The Morgan fingerprint density at radius 3 is 2.50 bits per heavy atom. The lowest BCUT2D eigenvalue weighted by molar-refractivity contribution is -0.111. The van der Waals surface area contributed by atoms with Gasteiger partial charge in [0.1, 0.15) is 11.6 Å². The molecule has 0 radical (unpaired) electrons. The molecular formula is C32H31N7O3. The fourth-order valence-electron chi connectivity index (χ4n) is 4.36. The summed E-state index contributed by atoms with van der Waals surface area (Å²) in [7, 11) is 5.50. The number of amides is 2. The van der Waals surface area contributed by atoms with Gasteiger partial charge in [-0.25, -0.2) is 4.98 Å². The number of fused-ring (bicyclic) bond motifs is 1. The maximum Gasteiger partial charge on any atom is 0.255 e. The van der Waals surface area contributed by atoms with Gasteiger partial charge in [-0.3, -0.25) is 9.59 Å². The Kier molecular flexibility index (Phi) is 8.55. The first-order valence-electron chi connectivity index (χ1n) is 13.3. The molecule has 3 aromatic carbocycles. The molecule has 10 heteroatoms. The Balaban J connectivity index is 1.26. The van der Waals surface area contributed by atoms with E-state index in [0.29, 0.717) is 40.9 Å². The maximum absolute atomic E-state index is 13.0. The first-order chi connectivity index (χ1) is 20.4. The summed E-state index contributed by atoms with van der Waals surface area (Å²) in [6.45, 7) is 0.654. The zero-order chi connectivity index (χ0) is 29.5. The lowest BCUT2D eigenvalue weighted by Gasteiger charge is -2.11. The number of carbonyl (C=O) groups excluding carboxylic acids is 2. The fraction of sp³-hybridized carbons (Fsp3) is 0.125. The van der Waals surface area contributed by atoms with Crippen LogP contribution in [0, 0.1) is 0 Å². The highest BCUT2D eigenvalue weighted by atomic mass is 16.5. The predicted molar refractivity (Wildman–Crippen MR) is 166 cm³/mol. The molecule has 0 saturated carbocycles. The van der Waals surface area contributed by atoms with Crippen molar-refractivity contribution in [3.63, 3.8) is 0 Å². The first-order valence-corrected chi connectivity index (χ1v) is 13.3. The van der Waals surface area contributed by atoms with Crippen molar-refractivity contribution in [1.82, 2.24) is 19.4 Å². The van der Waals surface area contributed by atoms with Crippen molar-refractivity contribution in [1.29, 1.82) is 0 Å². The first kappa shape index (κ1) is 28.1. The Hall–Kier alpha value is -5.48. The fourth-order valence-corrected chi connectivity index (χ4v) is 4.36. The molecule has 0 fully saturated rings. The molecule has 2 aromatic heterocycles. The summed E-state index contributed by atoms with van der Waals surface area (Å²) in [5.74, 6) is 1.33. The summed E-state index contributed by atoms with van der Waals surface area (Å²) in [5, 5.41) is 9.90. The van der Waals surface area contributed by atoms with Crippen molar-refractivity contribution < 1.29 is 14.3 Å². The Labute approximate surface area is 243 Å². The van der Waals surface area contributed by atoms with E-state index in [9.17, 15) is 9.59 Å². The summed E-state index contributed by atoms with van der Waals surface area (Å²) < 4.78 is 7.45. The minimum Gasteiger partial charge on any atom is -0.496 e. The van der Waals surface area contributed by atoms with Crippen LogP contribution >= 0.6 is 0 Å². The molecule has 0 aliphatic heterocycles. The number of nitrogens with one attached hydrogen (secondary N) is 3. The van der Waals surface area contributed by atoms with Gasteiger partial charge >= 0.3 is 0 Å². The Bertz CT molecular complexity index is 1760. The third-order valence-electron chi connectivity index (χ3n) is 6.31. The van der Waals surface area contributed by atoms with Crippen molar-refractivity contribution in [3.05, 3.63) is 109 Å². The van der Waals surface area contributed by atoms with Crippen LogP contribution in [-0.4, -0.2) is 59.0 Å². The number of ether oxygens (including phenoxy) is 1. The quantitative estimate of drug-likeness (QED) is 0.194. The molecule has 0 bridgehead atoms. The summed E-state index contributed by atoms with van der Waals surface area (Å²) in [6, 6.07) is 23.7. The molecule has 0 atom stereocenters. The molecule has 5 rings (SSSR count). The highest BCUT2D eigenvalue weighted by Gasteiger charge is 2.11. The minimum absolute atomic E-state index is 0.260. The normalized spacial score (nSPS) is 11.1. The number of aromatic nitrogens is 3. The van der Waals surface area contributed by atoms with Gasteiger partial charge in [-0.15, -0.1) is 0 Å². The molecule has 0 spiro atoms. The molecule has 212 valence electrons. The Morgan fingerprint density at radius 2 is 1.69 bits per heavy atom. The molecule has 5 aromatic rings. The number of carbonyl (C=O) groups is 2. The molecule has 42 heavy (non-hydrogen) atoms. The smallest absolute Gasteiger partial charge is 0.255 e. The molecule has 2 amide bonds. The molecule has 10 nitrogen and oxygen atoms in total. The van der Waals surface area contributed by atoms with Gasteiger partial charge in [0.15, 0.2) is 0 Å². The number of anilines is 4. The van der Waals surface area contributed by atoms with Gasteiger partial charge in [0.2, 0.25) is 11.9 Å². The number of hydrogen-bond acceptors (Lipinski definition) is 7. The number of methoxy groups -OCH3 is 1. The maximum atomic E-state index is 13.0. The minimum atomic E-state index is -0.306. The molecule has 2 heterocycles. The number of nitrogens with zero attached hydrogens (tertiary/aromatic N) is 4. The van der Waals surface area contributed by atoms with Gasteiger partial charge in [-0.1, -0.05) is 24.3 Å². The van der Waals surface area contributed by atoms with Crippen molar-refractivity contribution in [2.45, 2.75) is 0 Å². The molecule has 0 aliphatic carbocycles. The van der Waals surface area contributed by atoms with Gasteiger partial charge in [-0.2, -0.15) is 4.98 Å². The van der Waals surface area contributed by atoms with E-state index >= 15 is 0 Å². The van der Waals surface area contributed by atoms with Crippen LogP contribution in [0.1, 0.15) is 10.4 Å². The van der Waals surface area contributed by atoms with E-state index in [2.05, 4.69) is 25.9 Å². The molecule has 0 aliphatic rings. The topological polar surface area (TPSA) is 113 Å². The van der Waals surface area contributed by atoms with E-state index in [1.807, 2.05) is 72.2 Å². The number of benzene rings is 3. The van der Waals surface area contributed by atoms with E-state index in [1.54, 1.807) is 55.8 Å². The largest absolute Gasteiger partial charge is 0.496 e. The third-order valence-corrected chi connectivity index (χ3v) is 6.31. The van der Waals surface area contributed by atoms with E-state index < -0.39 is 0 Å². The summed E-state index contributed by atoms with van der Waals surface area (Å²) in [6.07, 6.45) is 6.88. The van der Waals surface area contributed by atoms with Crippen molar-refractivity contribution in [2.24, 2.45) is 0 Å². The lowest BCUT2D eigenvalue weighted by Crippen LogP contribution is -2.14. The average molecular weight is 562 g/mol. The van der Waals surface area contributed by atoms with Crippen LogP contribution in [0.15, 0.2) is 103 Å². The molecular weight excluding hydrogens is 530 g/mol. The summed E-state index contributed by atoms with van der Waals surface area (Å²) in [4.78, 5) is 36.2. The van der Waals surface area contributed by atoms with Crippen LogP contribution in [0.2, 0.25) is 0 Å². The van der Waals surface area contributed by atoms with E-state index in [-0.39, 0.29) is 11.8 Å². The highest BCUT2D eigenvalue weighted by Crippen LogP contribution is 2.28. The van der Waals surface area contributed by atoms with Gasteiger partial charge < -0.3 is 30.2 Å². The monoisotopic (exact) mass is 561 g/mol. The number of hydrogen-bond donors (Lipinski definition) is 3. The summed E-state index contributed by atoms with van der Waals surface area (Å²) >= 11 is 0. The van der Waals surface area contributed by atoms with Crippen LogP contribution < -0.4 is 20.7 Å². The van der Waals surface area contributed by atoms with Gasteiger partial charge in [0, 0.05) is 53.0 Å². The number of rotatable bonds is 10. The van der Waals surface area contributed by atoms with Gasteiger partial charge in [0.05, 0.1) is 12.6 Å². The standard InChI is InChI=1S/C32H31N7O3/c1-38(2)18-7-14-30(40)34-23-9-4-8-22(20-23)31(41)35-24-10-5-11-25(21-24)36-32-33-17-15-29(37-32)39-19-16-26-27(39)12-6-13-28(26)42-3/h4-17,19-21H,18H2,1-3H3,(H,34,40)(H,35,41)(H,33,36,37)/b14-7+. The van der Waals surface area contributed by atoms with Crippen LogP contribution in [0.5, 0.6) is 5.75 Å². The van der Waals surface area contributed by atoms with Crippen LogP contribution in [0.4, 0.5) is 23.0 Å². The van der Waals surface area contributed by atoms with Crippen molar-refractivity contribution in [3.8, 4) is 11.6 Å². The highest BCUT2D eigenvalue weighted by molar-refractivity contribution is 6.06. The Morgan fingerprint density at radius 1 is 0.929 bits per heavy atom. The zero-order valence-electron chi connectivity index (χ0n) is 23.5. The van der Waals surface area contributed by atoms with Crippen molar-refractivity contribution >= 4 is 45.7 Å². The number of likely N-dealkylation sites (N-methyl/N-ethyl adjacent to an activating group) is 1. The SMILES string of the molecule is COc1cccc2c1ccn2-c1ccnc(Nc2cccc(NC(=O)c3cccc(NC(=O)/C=C/CN(C)C)c3)c2)n1. The summed E-state index contributed by atoms with van der Waals surface area (Å²) in [5.41, 5.74) is 3.20. The predicted octanol–water partition coefficient (Wildman–Crippen LogP) is 5.48. The van der Waals surface area contributed by atoms with Crippen LogP contribution in [-0.2, 0) is 4.79 Å². The second kappa shape index (κ2) is 12.8. The molecule has 0 saturated heterocycles.